The minimum Gasteiger partial charge on any atom is -0.484 e. The number of nitrogens with one attached hydrogen (secondary N) is 1. The van der Waals surface area contributed by atoms with Crippen LogP contribution < -0.4 is 10.1 Å². The van der Waals surface area contributed by atoms with Crippen molar-refractivity contribution in [3.05, 3.63) is 85.2 Å². The van der Waals surface area contributed by atoms with E-state index in [9.17, 15) is 4.79 Å². The predicted octanol–water partition coefficient (Wildman–Crippen LogP) is 3.35. The Labute approximate surface area is 161 Å². The van der Waals surface area contributed by atoms with Gasteiger partial charge in [-0.05, 0) is 45.8 Å². The molecule has 0 bridgehead atoms. The van der Waals surface area contributed by atoms with Gasteiger partial charge < -0.3 is 10.1 Å². The molecule has 7 nitrogen and oxygen atoms in total. The van der Waals surface area contributed by atoms with Crippen LogP contribution in [0.25, 0.3) is 16.8 Å². The van der Waals surface area contributed by atoms with Crippen molar-refractivity contribution in [1.82, 2.24) is 20.2 Å². The highest BCUT2D eigenvalue weighted by Gasteiger charge is 2.06. The molecule has 28 heavy (non-hydrogen) atoms. The second-order valence-electron chi connectivity index (χ2n) is 6.03. The first-order valence-electron chi connectivity index (χ1n) is 8.69. The number of hydrogen-bond donors (Lipinski definition) is 1. The Morgan fingerprint density at radius 1 is 0.929 bits per heavy atom. The lowest BCUT2D eigenvalue weighted by atomic mass is 10.1. The molecule has 4 aromatic rings. The number of ether oxygens (including phenoxy) is 1. The van der Waals surface area contributed by atoms with Crippen LogP contribution in [0.4, 0.5) is 5.69 Å². The van der Waals surface area contributed by atoms with Crippen LogP contribution in [-0.2, 0) is 4.79 Å². The lowest BCUT2D eigenvalue weighted by Crippen LogP contribution is -2.20. The smallest absolute Gasteiger partial charge is 0.262 e. The summed E-state index contributed by atoms with van der Waals surface area (Å²) in [7, 11) is 0. The Balaban J connectivity index is 1.34. The standard InChI is InChI=1S/C21H17N5O2/c27-21(14-28-20-8-4-7-19(13-20)26-15-22-24-25-26)23-18-11-9-17(10-12-18)16-5-2-1-3-6-16/h1-13,15H,14H2,(H,23,27). The minimum absolute atomic E-state index is 0.0977. The van der Waals surface area contributed by atoms with Crippen molar-refractivity contribution < 1.29 is 9.53 Å². The highest BCUT2D eigenvalue weighted by Crippen LogP contribution is 2.21. The number of rotatable bonds is 6. The number of nitrogens with zero attached hydrogens (tertiary/aromatic N) is 4. The maximum Gasteiger partial charge on any atom is 0.262 e. The monoisotopic (exact) mass is 371 g/mol. The Hall–Kier alpha value is -4.00. The van der Waals surface area contributed by atoms with E-state index in [1.807, 2.05) is 66.7 Å². The molecule has 3 aromatic carbocycles. The number of aromatic nitrogens is 4. The topological polar surface area (TPSA) is 81.9 Å². The number of tetrazole rings is 1. The molecule has 1 N–H and O–H groups in total. The molecule has 138 valence electrons. The molecule has 0 unspecified atom stereocenters. The predicted molar refractivity (Wildman–Crippen MR) is 105 cm³/mol. The van der Waals surface area contributed by atoms with Gasteiger partial charge in [-0.25, -0.2) is 4.68 Å². The van der Waals surface area contributed by atoms with E-state index < -0.39 is 0 Å². The molecule has 0 fully saturated rings. The van der Waals surface area contributed by atoms with Gasteiger partial charge in [-0.15, -0.1) is 5.10 Å². The Morgan fingerprint density at radius 3 is 2.46 bits per heavy atom. The quantitative estimate of drug-likeness (QED) is 0.562. The summed E-state index contributed by atoms with van der Waals surface area (Å²) in [5.41, 5.74) is 3.69. The van der Waals surface area contributed by atoms with Gasteiger partial charge in [-0.2, -0.15) is 0 Å². The first-order chi connectivity index (χ1) is 13.8. The first kappa shape index (κ1) is 17.4. The number of anilines is 1. The lowest BCUT2D eigenvalue weighted by Gasteiger charge is -2.09. The molecule has 4 rings (SSSR count). The first-order valence-corrected chi connectivity index (χ1v) is 8.69. The van der Waals surface area contributed by atoms with Gasteiger partial charge in [0.1, 0.15) is 12.1 Å². The van der Waals surface area contributed by atoms with Crippen molar-refractivity contribution in [2.45, 2.75) is 0 Å². The van der Waals surface area contributed by atoms with E-state index in [0.717, 1.165) is 22.5 Å². The Morgan fingerprint density at radius 2 is 1.71 bits per heavy atom. The van der Waals surface area contributed by atoms with E-state index >= 15 is 0 Å². The summed E-state index contributed by atoms with van der Waals surface area (Å²) in [6.07, 6.45) is 1.49. The highest BCUT2D eigenvalue weighted by atomic mass is 16.5. The summed E-state index contributed by atoms with van der Waals surface area (Å²) in [5, 5.41) is 13.9. The van der Waals surface area contributed by atoms with Crippen molar-refractivity contribution in [3.63, 3.8) is 0 Å². The zero-order chi connectivity index (χ0) is 19.2. The molecule has 1 heterocycles. The van der Waals surface area contributed by atoms with Crippen LogP contribution in [0.2, 0.25) is 0 Å². The van der Waals surface area contributed by atoms with Gasteiger partial charge in [0.15, 0.2) is 6.61 Å². The number of benzene rings is 3. The summed E-state index contributed by atoms with van der Waals surface area (Å²) in [6, 6.07) is 25.0. The fraction of sp³-hybridized carbons (Fsp3) is 0.0476. The van der Waals surface area contributed by atoms with Gasteiger partial charge in [0, 0.05) is 11.8 Å². The van der Waals surface area contributed by atoms with E-state index in [2.05, 4.69) is 20.8 Å². The number of carbonyl (C=O) groups is 1. The minimum atomic E-state index is -0.236. The molecule has 0 atom stereocenters. The van der Waals surface area contributed by atoms with Crippen molar-refractivity contribution in [2.24, 2.45) is 0 Å². The number of hydrogen-bond acceptors (Lipinski definition) is 5. The fourth-order valence-corrected chi connectivity index (χ4v) is 2.72. The van der Waals surface area contributed by atoms with E-state index in [0.29, 0.717) is 5.75 Å². The van der Waals surface area contributed by atoms with Crippen LogP contribution in [-0.4, -0.2) is 32.7 Å². The van der Waals surface area contributed by atoms with Gasteiger partial charge in [-0.3, -0.25) is 4.79 Å². The third-order valence-corrected chi connectivity index (χ3v) is 4.08. The second kappa shape index (κ2) is 8.13. The molecule has 1 aromatic heterocycles. The summed E-state index contributed by atoms with van der Waals surface area (Å²) in [5.74, 6) is 0.322. The van der Waals surface area contributed by atoms with Gasteiger partial charge in [0.2, 0.25) is 0 Å². The largest absolute Gasteiger partial charge is 0.484 e. The molecule has 0 aliphatic heterocycles. The molecule has 7 heteroatoms. The summed E-state index contributed by atoms with van der Waals surface area (Å²) >= 11 is 0. The van der Waals surface area contributed by atoms with Gasteiger partial charge in [0.25, 0.3) is 5.91 Å². The maximum atomic E-state index is 12.2. The Kier molecular flexibility index (Phi) is 5.06. The van der Waals surface area contributed by atoms with Crippen molar-refractivity contribution in [2.75, 3.05) is 11.9 Å². The van der Waals surface area contributed by atoms with Crippen LogP contribution in [0, 0.1) is 0 Å². The molecule has 0 aliphatic rings. The van der Waals surface area contributed by atoms with Crippen LogP contribution in [0.5, 0.6) is 5.75 Å². The molecule has 0 saturated carbocycles. The number of amides is 1. The Bertz CT molecular complexity index is 1050. The van der Waals surface area contributed by atoms with Gasteiger partial charge in [0.05, 0.1) is 5.69 Å². The lowest BCUT2D eigenvalue weighted by molar-refractivity contribution is -0.118. The average Bonchev–Trinajstić information content (AvgIpc) is 3.29. The molecule has 0 aliphatic carbocycles. The van der Waals surface area contributed by atoms with Crippen molar-refractivity contribution >= 4 is 11.6 Å². The third kappa shape index (κ3) is 4.21. The van der Waals surface area contributed by atoms with Crippen molar-refractivity contribution in [3.8, 4) is 22.6 Å². The van der Waals surface area contributed by atoms with Gasteiger partial charge >= 0.3 is 0 Å². The maximum absolute atomic E-state index is 12.2. The summed E-state index contributed by atoms with van der Waals surface area (Å²) < 4.78 is 7.09. The van der Waals surface area contributed by atoms with Crippen LogP contribution in [0.15, 0.2) is 85.2 Å². The normalized spacial score (nSPS) is 10.4. The zero-order valence-electron chi connectivity index (χ0n) is 14.9. The summed E-state index contributed by atoms with van der Waals surface area (Å²) in [4.78, 5) is 12.2. The molecular formula is C21H17N5O2. The van der Waals surface area contributed by atoms with Crippen molar-refractivity contribution in [1.29, 1.82) is 0 Å². The van der Waals surface area contributed by atoms with E-state index in [-0.39, 0.29) is 12.5 Å². The molecule has 0 spiro atoms. The molecular weight excluding hydrogens is 354 g/mol. The third-order valence-electron chi connectivity index (χ3n) is 4.08. The second-order valence-corrected chi connectivity index (χ2v) is 6.03. The SMILES string of the molecule is O=C(COc1cccc(-n2cnnn2)c1)Nc1ccc(-c2ccccc2)cc1. The average molecular weight is 371 g/mol. The fourth-order valence-electron chi connectivity index (χ4n) is 2.72. The van der Waals surface area contributed by atoms with Gasteiger partial charge in [-0.1, -0.05) is 48.5 Å². The molecule has 0 saturated heterocycles. The van der Waals surface area contributed by atoms with E-state index in [1.165, 1.54) is 11.0 Å². The highest BCUT2D eigenvalue weighted by molar-refractivity contribution is 5.92. The van der Waals surface area contributed by atoms with Crippen LogP contribution in [0.3, 0.4) is 0 Å². The number of carbonyl (C=O) groups excluding carboxylic acids is 1. The van der Waals surface area contributed by atoms with E-state index in [1.54, 1.807) is 12.1 Å². The van der Waals surface area contributed by atoms with Crippen LogP contribution in [0.1, 0.15) is 0 Å². The van der Waals surface area contributed by atoms with E-state index in [4.69, 9.17) is 4.74 Å². The summed E-state index contributed by atoms with van der Waals surface area (Å²) in [6.45, 7) is -0.0977. The van der Waals surface area contributed by atoms with Crippen LogP contribution >= 0.6 is 0 Å². The zero-order valence-corrected chi connectivity index (χ0v) is 14.9. The molecule has 1 amide bonds. The molecule has 0 radical (unpaired) electrons.